The topological polar surface area (TPSA) is 35.9 Å². The van der Waals surface area contributed by atoms with E-state index < -0.39 is 0 Å². The van der Waals surface area contributed by atoms with Crippen LogP contribution < -0.4 is 0 Å². The summed E-state index contributed by atoms with van der Waals surface area (Å²) in [6.45, 7) is 4.07. The first-order valence-electron chi connectivity index (χ1n) is 8.30. The van der Waals surface area contributed by atoms with Gasteiger partial charge in [0.25, 0.3) is 0 Å². The van der Waals surface area contributed by atoms with Crippen molar-refractivity contribution < 1.29 is 9.84 Å². The molecule has 3 fully saturated rings. The third-order valence-electron chi connectivity index (χ3n) is 5.79. The van der Waals surface area contributed by atoms with Crippen LogP contribution in [0.4, 0.5) is 0 Å². The lowest BCUT2D eigenvalue weighted by molar-refractivity contribution is -0.162. The summed E-state index contributed by atoms with van der Waals surface area (Å²) < 4.78 is 6.01. The summed E-state index contributed by atoms with van der Waals surface area (Å²) in [7, 11) is 4.35. The van der Waals surface area contributed by atoms with Gasteiger partial charge in [-0.15, -0.1) is 0 Å². The fourth-order valence-electron chi connectivity index (χ4n) is 4.27. The number of likely N-dealkylation sites (N-methyl/N-ethyl adjacent to an activating group) is 2. The molecule has 0 aromatic heterocycles. The first kappa shape index (κ1) is 14.8. The van der Waals surface area contributed by atoms with Crippen molar-refractivity contribution in [1.29, 1.82) is 0 Å². The lowest BCUT2D eigenvalue weighted by atomic mass is 9.70. The highest BCUT2D eigenvalue weighted by molar-refractivity contribution is 4.98. The Balaban J connectivity index is 1.65. The molecular formula is C16H30N2O2. The number of rotatable bonds is 2. The van der Waals surface area contributed by atoms with E-state index in [9.17, 15) is 5.11 Å². The Labute approximate surface area is 123 Å². The first-order valence-corrected chi connectivity index (χ1v) is 8.30. The van der Waals surface area contributed by atoms with Crippen LogP contribution in [0.3, 0.4) is 0 Å². The molecule has 4 nitrogen and oxygen atoms in total. The Morgan fingerprint density at radius 2 is 2.00 bits per heavy atom. The van der Waals surface area contributed by atoms with Crippen LogP contribution >= 0.6 is 0 Å². The Morgan fingerprint density at radius 1 is 1.20 bits per heavy atom. The highest BCUT2D eigenvalue weighted by Crippen LogP contribution is 2.45. The van der Waals surface area contributed by atoms with Crippen molar-refractivity contribution >= 4 is 0 Å². The lowest BCUT2D eigenvalue weighted by Gasteiger charge is -2.49. The van der Waals surface area contributed by atoms with E-state index in [0.717, 1.165) is 39.1 Å². The summed E-state index contributed by atoms with van der Waals surface area (Å²) >= 11 is 0. The number of aliphatic hydroxyl groups is 1. The average Bonchev–Trinajstić information content (AvgIpc) is 2.58. The molecule has 3 atom stereocenters. The van der Waals surface area contributed by atoms with Crippen LogP contribution in [0, 0.1) is 5.92 Å². The van der Waals surface area contributed by atoms with Crippen molar-refractivity contribution in [3.8, 4) is 0 Å². The molecule has 2 heterocycles. The van der Waals surface area contributed by atoms with Crippen LogP contribution in [-0.2, 0) is 4.74 Å². The number of aliphatic hydroxyl groups excluding tert-OH is 1. The van der Waals surface area contributed by atoms with Gasteiger partial charge in [0.15, 0.2) is 0 Å². The van der Waals surface area contributed by atoms with E-state index in [-0.39, 0.29) is 17.7 Å². The number of hydrogen-bond donors (Lipinski definition) is 1. The van der Waals surface area contributed by atoms with Gasteiger partial charge in [0.1, 0.15) is 0 Å². The van der Waals surface area contributed by atoms with Gasteiger partial charge in [0.2, 0.25) is 0 Å². The van der Waals surface area contributed by atoms with Gasteiger partial charge >= 0.3 is 0 Å². The fraction of sp³-hybridized carbons (Fsp3) is 1.00. The second-order valence-electron chi connectivity index (χ2n) is 7.29. The van der Waals surface area contributed by atoms with E-state index in [1.54, 1.807) is 0 Å². The zero-order chi connectivity index (χ0) is 14.2. The molecule has 1 aliphatic carbocycles. The largest absolute Gasteiger partial charge is 0.391 e. The fourth-order valence-corrected chi connectivity index (χ4v) is 4.27. The van der Waals surface area contributed by atoms with E-state index in [4.69, 9.17) is 4.74 Å². The smallest absolute Gasteiger partial charge is 0.0737 e. The Morgan fingerprint density at radius 3 is 2.70 bits per heavy atom. The third kappa shape index (κ3) is 2.89. The second kappa shape index (κ2) is 5.91. The average molecular weight is 282 g/mol. The monoisotopic (exact) mass is 282 g/mol. The zero-order valence-corrected chi connectivity index (χ0v) is 13.1. The molecular weight excluding hydrogens is 252 g/mol. The zero-order valence-electron chi connectivity index (χ0n) is 13.1. The lowest BCUT2D eigenvalue weighted by Crippen LogP contribution is -2.54. The molecule has 2 saturated heterocycles. The first-order chi connectivity index (χ1) is 9.60. The van der Waals surface area contributed by atoms with Gasteiger partial charge in [0, 0.05) is 19.2 Å². The molecule has 0 bridgehead atoms. The molecule has 1 N–H and O–H groups in total. The molecule has 0 radical (unpaired) electrons. The quantitative estimate of drug-likeness (QED) is 0.829. The van der Waals surface area contributed by atoms with Gasteiger partial charge in [-0.05, 0) is 71.6 Å². The Bertz CT molecular complexity index is 332. The van der Waals surface area contributed by atoms with Crippen molar-refractivity contribution in [3.05, 3.63) is 0 Å². The van der Waals surface area contributed by atoms with Crippen LogP contribution in [0.5, 0.6) is 0 Å². The number of ether oxygens (including phenoxy) is 1. The molecule has 2 aliphatic heterocycles. The summed E-state index contributed by atoms with van der Waals surface area (Å²) in [6.07, 6.45) is 6.80. The van der Waals surface area contributed by atoms with Gasteiger partial charge in [0.05, 0.1) is 11.7 Å². The molecule has 0 aromatic carbocycles. The van der Waals surface area contributed by atoms with Crippen LogP contribution in [0.1, 0.15) is 38.5 Å². The summed E-state index contributed by atoms with van der Waals surface area (Å²) in [6, 6.07) is 0.280. The highest BCUT2D eigenvalue weighted by Gasteiger charge is 2.45. The molecule has 4 heteroatoms. The maximum absolute atomic E-state index is 10.9. The van der Waals surface area contributed by atoms with Gasteiger partial charge in [-0.2, -0.15) is 0 Å². The second-order valence-corrected chi connectivity index (χ2v) is 7.29. The summed E-state index contributed by atoms with van der Waals surface area (Å²) in [5.41, 5.74) is 0.138. The maximum Gasteiger partial charge on any atom is 0.0737 e. The van der Waals surface area contributed by atoms with Crippen LogP contribution in [0.2, 0.25) is 0 Å². The maximum atomic E-state index is 10.9. The van der Waals surface area contributed by atoms with Crippen LogP contribution in [0.25, 0.3) is 0 Å². The predicted molar refractivity (Wildman–Crippen MR) is 79.8 cm³/mol. The molecule has 3 rings (SSSR count). The molecule has 0 amide bonds. The number of nitrogens with zero attached hydrogens (tertiary/aromatic N) is 2. The molecule has 0 aromatic rings. The van der Waals surface area contributed by atoms with Crippen molar-refractivity contribution in [2.45, 2.75) is 56.3 Å². The van der Waals surface area contributed by atoms with Gasteiger partial charge in [-0.1, -0.05) is 0 Å². The third-order valence-corrected chi connectivity index (χ3v) is 5.79. The number of hydrogen-bond acceptors (Lipinski definition) is 4. The highest BCUT2D eigenvalue weighted by atomic mass is 16.5. The molecule has 116 valence electrons. The van der Waals surface area contributed by atoms with E-state index in [1.807, 2.05) is 0 Å². The van der Waals surface area contributed by atoms with Crippen molar-refractivity contribution in [2.75, 3.05) is 40.3 Å². The molecule has 3 unspecified atom stereocenters. The van der Waals surface area contributed by atoms with Crippen molar-refractivity contribution in [2.24, 2.45) is 5.92 Å². The minimum Gasteiger partial charge on any atom is -0.391 e. The van der Waals surface area contributed by atoms with Gasteiger partial charge < -0.3 is 14.7 Å². The summed E-state index contributed by atoms with van der Waals surface area (Å²) in [5.74, 6) is 0.419. The minimum atomic E-state index is -0.207. The Hall–Kier alpha value is -0.160. The van der Waals surface area contributed by atoms with E-state index in [1.165, 1.54) is 25.7 Å². The predicted octanol–water partition coefficient (Wildman–Crippen LogP) is 1.33. The van der Waals surface area contributed by atoms with E-state index in [2.05, 4.69) is 23.9 Å². The van der Waals surface area contributed by atoms with Gasteiger partial charge in [-0.3, -0.25) is 4.90 Å². The van der Waals surface area contributed by atoms with Gasteiger partial charge in [-0.25, -0.2) is 0 Å². The molecule has 3 aliphatic rings. The molecule has 20 heavy (non-hydrogen) atoms. The molecule has 1 spiro atoms. The SMILES string of the molecule is CN1CCCN(C)C(C(O)C2CCOC3(CCC3)C2)C1. The van der Waals surface area contributed by atoms with Crippen LogP contribution in [-0.4, -0.2) is 73.0 Å². The van der Waals surface area contributed by atoms with E-state index >= 15 is 0 Å². The normalized spacial score (nSPS) is 37.4. The van der Waals surface area contributed by atoms with Crippen LogP contribution in [0.15, 0.2) is 0 Å². The standard InChI is InChI=1S/C16H30N2O2/c1-17-8-4-9-18(2)14(12-17)15(19)13-5-10-20-16(11-13)6-3-7-16/h13-15,19H,3-12H2,1-2H3. The Kier molecular flexibility index (Phi) is 4.37. The summed E-state index contributed by atoms with van der Waals surface area (Å²) in [5, 5.41) is 10.9. The van der Waals surface area contributed by atoms with Crippen molar-refractivity contribution in [1.82, 2.24) is 9.80 Å². The van der Waals surface area contributed by atoms with Crippen molar-refractivity contribution in [3.63, 3.8) is 0 Å². The minimum absolute atomic E-state index is 0.138. The molecule has 1 saturated carbocycles. The van der Waals surface area contributed by atoms with E-state index in [0.29, 0.717) is 5.92 Å². The summed E-state index contributed by atoms with van der Waals surface area (Å²) in [4.78, 5) is 4.74.